The summed E-state index contributed by atoms with van der Waals surface area (Å²) in [7, 11) is 0. The van der Waals surface area contributed by atoms with Crippen LogP contribution >= 0.6 is 22.9 Å². The predicted molar refractivity (Wildman–Crippen MR) is 111 cm³/mol. The van der Waals surface area contributed by atoms with Gasteiger partial charge in [0.1, 0.15) is 11.3 Å². The first kappa shape index (κ1) is 19.0. The third kappa shape index (κ3) is 4.30. The largest absolute Gasteiger partial charge is 0.492 e. The normalized spacial score (nSPS) is 11.8. The number of carbonyl (C=O) groups is 1. The average molecular weight is 397 g/mol. The minimum Gasteiger partial charge on any atom is -0.492 e. The zero-order valence-electron chi connectivity index (χ0n) is 14.7. The Bertz CT molecular complexity index is 1120. The van der Waals surface area contributed by atoms with Crippen LogP contribution in [0.15, 0.2) is 53.5 Å². The Labute approximate surface area is 166 Å². The van der Waals surface area contributed by atoms with Crippen LogP contribution in [0.5, 0.6) is 5.75 Å². The van der Waals surface area contributed by atoms with Gasteiger partial charge in [0.15, 0.2) is 4.80 Å². The number of aromatic nitrogens is 1. The summed E-state index contributed by atoms with van der Waals surface area (Å²) in [6.45, 7) is 2.76. The van der Waals surface area contributed by atoms with E-state index in [9.17, 15) is 4.79 Å². The smallest absolute Gasteiger partial charge is 0.272 e. The number of rotatable bonds is 5. The lowest BCUT2D eigenvalue weighted by molar-refractivity contribution is -0.113. The maximum Gasteiger partial charge on any atom is 0.272 e. The molecule has 0 aliphatic rings. The van der Waals surface area contributed by atoms with Crippen LogP contribution in [0.25, 0.3) is 16.3 Å². The van der Waals surface area contributed by atoms with E-state index in [0.717, 1.165) is 21.5 Å². The number of thiazole rings is 1. The fourth-order valence-electron chi connectivity index (χ4n) is 2.60. The Morgan fingerprint density at radius 3 is 2.89 bits per heavy atom. The van der Waals surface area contributed by atoms with Crippen molar-refractivity contribution in [3.05, 3.63) is 63.9 Å². The van der Waals surface area contributed by atoms with Crippen molar-refractivity contribution in [3.8, 4) is 18.1 Å². The molecule has 0 saturated heterocycles. The van der Waals surface area contributed by atoms with Gasteiger partial charge in [0.2, 0.25) is 0 Å². The molecule has 0 bridgehead atoms. The number of ether oxygens (including phenoxy) is 1. The monoisotopic (exact) mass is 396 g/mol. The van der Waals surface area contributed by atoms with E-state index in [1.165, 1.54) is 17.4 Å². The highest BCUT2D eigenvalue weighted by Crippen LogP contribution is 2.27. The number of hydrogen-bond donors (Lipinski definition) is 0. The fourth-order valence-corrected chi connectivity index (χ4v) is 3.85. The van der Waals surface area contributed by atoms with E-state index in [-0.39, 0.29) is 5.91 Å². The molecule has 0 radical (unpaired) electrons. The Kier molecular flexibility index (Phi) is 6.12. The van der Waals surface area contributed by atoms with Gasteiger partial charge in [-0.1, -0.05) is 53.1 Å². The first-order chi connectivity index (χ1) is 13.1. The average Bonchev–Trinajstić information content (AvgIpc) is 3.00. The zero-order chi connectivity index (χ0) is 19.2. The Morgan fingerprint density at radius 1 is 1.33 bits per heavy atom. The first-order valence-corrected chi connectivity index (χ1v) is 9.53. The van der Waals surface area contributed by atoms with Gasteiger partial charge in [0, 0.05) is 11.1 Å². The summed E-state index contributed by atoms with van der Waals surface area (Å²) in [6, 6.07) is 13.0. The van der Waals surface area contributed by atoms with Crippen LogP contribution in [0.4, 0.5) is 0 Å². The van der Waals surface area contributed by atoms with Crippen LogP contribution in [0.2, 0.25) is 5.02 Å². The van der Waals surface area contributed by atoms with Gasteiger partial charge in [0.05, 0.1) is 17.9 Å². The van der Waals surface area contributed by atoms with Gasteiger partial charge < -0.3 is 9.30 Å². The topological polar surface area (TPSA) is 43.6 Å². The van der Waals surface area contributed by atoms with E-state index >= 15 is 0 Å². The lowest BCUT2D eigenvalue weighted by Gasteiger charge is -2.07. The number of fused-ring (bicyclic) bond motifs is 1. The highest BCUT2D eigenvalue weighted by Gasteiger charge is 2.11. The van der Waals surface area contributed by atoms with Crippen LogP contribution in [0, 0.1) is 12.3 Å². The molecule has 3 aromatic rings. The summed E-state index contributed by atoms with van der Waals surface area (Å²) in [5, 5.41) is 0.576. The maximum absolute atomic E-state index is 12.4. The molecular formula is C21H17ClN2O2S. The van der Waals surface area contributed by atoms with E-state index in [4.69, 9.17) is 22.8 Å². The van der Waals surface area contributed by atoms with Gasteiger partial charge in [-0.05, 0) is 36.8 Å². The molecule has 1 amide bonds. The van der Waals surface area contributed by atoms with Crippen molar-refractivity contribution in [2.45, 2.75) is 13.5 Å². The van der Waals surface area contributed by atoms with Gasteiger partial charge in [-0.3, -0.25) is 4.79 Å². The number of amides is 1. The molecule has 0 fully saturated rings. The molecule has 1 heterocycles. The third-order valence-electron chi connectivity index (χ3n) is 3.73. The van der Waals surface area contributed by atoms with Gasteiger partial charge in [-0.15, -0.1) is 6.42 Å². The van der Waals surface area contributed by atoms with Crippen molar-refractivity contribution >= 4 is 45.1 Å². The molecule has 1 aromatic heterocycles. The molecule has 4 nitrogen and oxygen atoms in total. The number of hydrogen-bond acceptors (Lipinski definition) is 3. The molecule has 0 spiro atoms. The van der Waals surface area contributed by atoms with Crippen LogP contribution < -0.4 is 9.54 Å². The van der Waals surface area contributed by atoms with Crippen LogP contribution in [0.3, 0.4) is 0 Å². The molecule has 3 rings (SSSR count). The minimum absolute atomic E-state index is 0.296. The zero-order valence-corrected chi connectivity index (χ0v) is 16.3. The molecule has 0 aliphatic carbocycles. The van der Waals surface area contributed by atoms with E-state index in [1.807, 2.05) is 47.9 Å². The van der Waals surface area contributed by atoms with Crippen LogP contribution in [0.1, 0.15) is 12.5 Å². The van der Waals surface area contributed by atoms with Gasteiger partial charge in [-0.2, -0.15) is 4.99 Å². The molecule has 6 heteroatoms. The molecule has 2 aromatic carbocycles. The number of halogens is 1. The molecule has 27 heavy (non-hydrogen) atoms. The molecule has 0 atom stereocenters. The van der Waals surface area contributed by atoms with E-state index < -0.39 is 0 Å². The minimum atomic E-state index is -0.384. The highest BCUT2D eigenvalue weighted by molar-refractivity contribution is 7.16. The summed E-state index contributed by atoms with van der Waals surface area (Å²) in [5.74, 6) is 2.96. The van der Waals surface area contributed by atoms with E-state index in [1.54, 1.807) is 12.1 Å². The van der Waals surface area contributed by atoms with E-state index in [2.05, 4.69) is 10.9 Å². The van der Waals surface area contributed by atoms with Crippen LogP contribution in [-0.2, 0) is 11.3 Å². The fraction of sp³-hybridized carbons (Fsp3) is 0.143. The molecule has 0 N–H and O–H groups in total. The molecular weight excluding hydrogens is 380 g/mol. The summed E-state index contributed by atoms with van der Waals surface area (Å²) in [4.78, 5) is 17.1. The summed E-state index contributed by atoms with van der Waals surface area (Å²) >= 11 is 7.50. The van der Waals surface area contributed by atoms with Crippen molar-refractivity contribution in [2.24, 2.45) is 4.99 Å². The molecule has 0 unspecified atom stereocenters. The maximum atomic E-state index is 12.4. The van der Waals surface area contributed by atoms with Crippen LogP contribution in [-0.4, -0.2) is 17.1 Å². The molecule has 0 aliphatic heterocycles. The van der Waals surface area contributed by atoms with Gasteiger partial charge >= 0.3 is 0 Å². The Balaban J connectivity index is 2.04. The Morgan fingerprint density at radius 2 is 2.15 bits per heavy atom. The van der Waals surface area contributed by atoms with E-state index in [0.29, 0.717) is 23.0 Å². The standard InChI is InChI=1S/C21H17ClN2O2S/c1-3-14-24-20-17(26-4-2)10-7-11-18(20)27-21(24)23-19(25)13-12-15-8-5-6-9-16(15)22/h1,5-13H,4,14H2,2H3/b13-12+,23-21?. The number of para-hydroxylation sites is 1. The van der Waals surface area contributed by atoms with Crippen molar-refractivity contribution in [3.63, 3.8) is 0 Å². The quantitative estimate of drug-likeness (QED) is 0.469. The number of carbonyl (C=O) groups excluding carboxylic acids is 1. The summed E-state index contributed by atoms with van der Waals surface area (Å²) in [5.41, 5.74) is 1.61. The predicted octanol–water partition coefficient (Wildman–Crippen LogP) is 4.53. The SMILES string of the molecule is C#CCn1c(=NC(=O)/C=C/c2ccccc2Cl)sc2cccc(OCC)c21. The number of nitrogens with zero attached hydrogens (tertiary/aromatic N) is 2. The molecule has 136 valence electrons. The molecule has 0 saturated carbocycles. The van der Waals surface area contributed by atoms with Crippen molar-refractivity contribution in [2.75, 3.05) is 6.61 Å². The summed E-state index contributed by atoms with van der Waals surface area (Å²) in [6.07, 6.45) is 8.57. The second-order valence-corrected chi connectivity index (χ2v) is 6.93. The van der Waals surface area contributed by atoms with Gasteiger partial charge in [-0.25, -0.2) is 0 Å². The second-order valence-electron chi connectivity index (χ2n) is 5.52. The van der Waals surface area contributed by atoms with Crippen molar-refractivity contribution in [1.82, 2.24) is 4.57 Å². The lowest BCUT2D eigenvalue weighted by Crippen LogP contribution is -2.16. The van der Waals surface area contributed by atoms with Gasteiger partial charge in [0.25, 0.3) is 5.91 Å². The van der Waals surface area contributed by atoms with Crippen molar-refractivity contribution in [1.29, 1.82) is 0 Å². The first-order valence-electron chi connectivity index (χ1n) is 8.34. The lowest BCUT2D eigenvalue weighted by atomic mass is 10.2. The Hall–Kier alpha value is -2.81. The van der Waals surface area contributed by atoms with Crippen molar-refractivity contribution < 1.29 is 9.53 Å². The highest BCUT2D eigenvalue weighted by atomic mass is 35.5. The number of terminal acetylenes is 1. The number of benzene rings is 2. The third-order valence-corrected chi connectivity index (χ3v) is 5.12. The second kappa shape index (κ2) is 8.72. The summed E-state index contributed by atoms with van der Waals surface area (Å²) < 4.78 is 8.49.